The smallest absolute Gasteiger partial charge is 0.253 e. The van der Waals surface area contributed by atoms with Crippen LogP contribution in [-0.2, 0) is 4.79 Å². The van der Waals surface area contributed by atoms with Crippen molar-refractivity contribution < 1.29 is 9.59 Å². The summed E-state index contributed by atoms with van der Waals surface area (Å²) in [4.78, 5) is 24.5. The van der Waals surface area contributed by atoms with E-state index in [2.05, 4.69) is 26.2 Å². The molecule has 8 nitrogen and oxygen atoms in total. The van der Waals surface area contributed by atoms with Gasteiger partial charge in [0, 0.05) is 6.04 Å². The van der Waals surface area contributed by atoms with Crippen LogP contribution in [0.4, 0.5) is 5.69 Å². The molecule has 1 aromatic carbocycles. The molecular formula is C16H20N6O2S. The van der Waals surface area contributed by atoms with Gasteiger partial charge in [-0.25, -0.2) is 4.68 Å². The number of nitrogens with one attached hydrogen (secondary N) is 2. The average Bonchev–Trinajstić information content (AvgIpc) is 3.26. The van der Waals surface area contributed by atoms with Crippen LogP contribution >= 0.6 is 11.8 Å². The van der Waals surface area contributed by atoms with E-state index in [1.165, 1.54) is 11.8 Å². The van der Waals surface area contributed by atoms with Gasteiger partial charge in [-0.1, -0.05) is 23.9 Å². The molecule has 9 heteroatoms. The highest BCUT2D eigenvalue weighted by Gasteiger charge is 2.25. The van der Waals surface area contributed by atoms with Crippen LogP contribution in [0.3, 0.4) is 0 Å². The maximum atomic E-state index is 12.3. The molecule has 2 aromatic rings. The number of carbonyl (C=O) groups is 2. The van der Waals surface area contributed by atoms with Crippen molar-refractivity contribution >= 4 is 29.3 Å². The molecule has 1 fully saturated rings. The quantitative estimate of drug-likeness (QED) is 0.731. The zero-order valence-corrected chi connectivity index (χ0v) is 14.9. The standard InChI is InChI=1S/C16H20N6O2S/c1-10(2)22-16(19-20-21-22)25-9-14(23)18-13-6-4-3-5-12(13)15(24)17-11-7-8-11/h3-6,10-11H,7-9H2,1-2H3,(H,17,24)(H,18,23). The fraction of sp³-hybridized carbons (Fsp3) is 0.438. The second-order valence-corrected chi connectivity index (χ2v) is 7.07. The van der Waals surface area contributed by atoms with E-state index in [1.807, 2.05) is 13.8 Å². The Morgan fingerprint density at radius 1 is 1.32 bits per heavy atom. The fourth-order valence-corrected chi connectivity index (χ4v) is 3.01. The molecular weight excluding hydrogens is 340 g/mol. The van der Waals surface area contributed by atoms with Gasteiger partial charge in [-0.2, -0.15) is 0 Å². The van der Waals surface area contributed by atoms with Crippen molar-refractivity contribution in [2.45, 2.75) is 43.9 Å². The Morgan fingerprint density at radius 2 is 2.08 bits per heavy atom. The second kappa shape index (κ2) is 7.64. The number of carbonyl (C=O) groups excluding carboxylic acids is 2. The first-order chi connectivity index (χ1) is 12.0. The van der Waals surface area contributed by atoms with Crippen LogP contribution in [0, 0.1) is 0 Å². The minimum absolute atomic E-state index is 0.118. The third-order valence-electron chi connectivity index (χ3n) is 3.64. The van der Waals surface area contributed by atoms with E-state index in [0.717, 1.165) is 12.8 Å². The molecule has 0 radical (unpaired) electrons. The molecule has 0 unspecified atom stereocenters. The molecule has 132 valence electrons. The number of para-hydroxylation sites is 1. The van der Waals surface area contributed by atoms with Crippen LogP contribution < -0.4 is 10.6 Å². The predicted molar refractivity (Wildman–Crippen MR) is 94.5 cm³/mol. The van der Waals surface area contributed by atoms with Gasteiger partial charge in [-0.05, 0) is 49.2 Å². The Bertz CT molecular complexity index is 771. The Morgan fingerprint density at radius 3 is 2.80 bits per heavy atom. The number of hydrogen-bond donors (Lipinski definition) is 2. The molecule has 3 rings (SSSR count). The van der Waals surface area contributed by atoms with Crippen molar-refractivity contribution in [3.63, 3.8) is 0 Å². The average molecular weight is 360 g/mol. The lowest BCUT2D eigenvalue weighted by Crippen LogP contribution is -2.27. The maximum absolute atomic E-state index is 12.3. The van der Waals surface area contributed by atoms with E-state index in [9.17, 15) is 9.59 Å². The zero-order valence-electron chi connectivity index (χ0n) is 14.1. The molecule has 1 saturated carbocycles. The van der Waals surface area contributed by atoms with Gasteiger partial charge in [0.15, 0.2) is 0 Å². The largest absolute Gasteiger partial charge is 0.349 e. The first-order valence-electron chi connectivity index (χ1n) is 8.15. The Hall–Kier alpha value is -2.42. The maximum Gasteiger partial charge on any atom is 0.253 e. The third-order valence-corrected chi connectivity index (χ3v) is 4.58. The van der Waals surface area contributed by atoms with Crippen molar-refractivity contribution in [2.75, 3.05) is 11.1 Å². The van der Waals surface area contributed by atoms with Crippen LogP contribution in [0.1, 0.15) is 43.1 Å². The predicted octanol–water partition coefficient (Wildman–Crippen LogP) is 1.88. The molecule has 25 heavy (non-hydrogen) atoms. The molecule has 1 aliphatic carbocycles. The van der Waals surface area contributed by atoms with E-state index >= 15 is 0 Å². The molecule has 0 atom stereocenters. The number of aromatic nitrogens is 4. The fourth-order valence-electron chi connectivity index (χ4n) is 2.20. The van der Waals surface area contributed by atoms with Crippen molar-refractivity contribution in [3.8, 4) is 0 Å². The highest BCUT2D eigenvalue weighted by atomic mass is 32.2. The lowest BCUT2D eigenvalue weighted by molar-refractivity contribution is -0.113. The topological polar surface area (TPSA) is 102 Å². The third kappa shape index (κ3) is 4.56. The van der Waals surface area contributed by atoms with Gasteiger partial charge < -0.3 is 10.6 Å². The van der Waals surface area contributed by atoms with Crippen LogP contribution in [0.15, 0.2) is 29.4 Å². The Balaban J connectivity index is 1.61. The summed E-state index contributed by atoms with van der Waals surface area (Å²) in [6, 6.07) is 7.38. The summed E-state index contributed by atoms with van der Waals surface area (Å²) in [5.74, 6) is -0.212. The van der Waals surface area contributed by atoms with E-state index in [0.29, 0.717) is 16.4 Å². The number of hydrogen-bond acceptors (Lipinski definition) is 6. The molecule has 0 aliphatic heterocycles. The molecule has 2 amide bonds. The Kier molecular flexibility index (Phi) is 5.32. The lowest BCUT2D eigenvalue weighted by Gasteiger charge is -2.11. The molecule has 0 spiro atoms. The van der Waals surface area contributed by atoms with Crippen molar-refractivity contribution in [1.82, 2.24) is 25.5 Å². The van der Waals surface area contributed by atoms with Gasteiger partial charge in [-0.15, -0.1) is 5.10 Å². The lowest BCUT2D eigenvalue weighted by atomic mass is 10.1. The number of tetrazole rings is 1. The minimum Gasteiger partial charge on any atom is -0.349 e. The highest BCUT2D eigenvalue weighted by molar-refractivity contribution is 7.99. The van der Waals surface area contributed by atoms with Crippen molar-refractivity contribution in [1.29, 1.82) is 0 Å². The SMILES string of the molecule is CC(C)n1nnnc1SCC(=O)Nc1ccccc1C(=O)NC1CC1. The first kappa shape index (κ1) is 17.4. The zero-order chi connectivity index (χ0) is 17.8. The number of benzene rings is 1. The van der Waals surface area contributed by atoms with Crippen molar-refractivity contribution in [2.24, 2.45) is 0 Å². The van der Waals surface area contributed by atoms with Gasteiger partial charge in [0.05, 0.1) is 23.0 Å². The molecule has 2 N–H and O–H groups in total. The number of rotatable bonds is 7. The summed E-state index contributed by atoms with van der Waals surface area (Å²) in [6.07, 6.45) is 2.03. The van der Waals surface area contributed by atoms with Crippen molar-refractivity contribution in [3.05, 3.63) is 29.8 Å². The highest BCUT2D eigenvalue weighted by Crippen LogP contribution is 2.22. The first-order valence-corrected chi connectivity index (χ1v) is 9.13. The summed E-state index contributed by atoms with van der Waals surface area (Å²) in [6.45, 7) is 3.93. The molecule has 1 aromatic heterocycles. The van der Waals surface area contributed by atoms with Gasteiger partial charge in [-0.3, -0.25) is 9.59 Å². The summed E-state index contributed by atoms with van der Waals surface area (Å²) in [5, 5.41) is 17.8. The van der Waals surface area contributed by atoms with Gasteiger partial charge in [0.25, 0.3) is 5.91 Å². The van der Waals surface area contributed by atoms with E-state index < -0.39 is 0 Å². The van der Waals surface area contributed by atoms with Crippen LogP contribution in [0.25, 0.3) is 0 Å². The summed E-state index contributed by atoms with van der Waals surface area (Å²) in [5.41, 5.74) is 0.981. The monoisotopic (exact) mass is 360 g/mol. The summed E-state index contributed by atoms with van der Waals surface area (Å²) >= 11 is 1.26. The number of nitrogens with zero attached hydrogens (tertiary/aromatic N) is 4. The van der Waals surface area contributed by atoms with E-state index in [4.69, 9.17) is 0 Å². The van der Waals surface area contributed by atoms with E-state index in [1.54, 1.807) is 28.9 Å². The van der Waals surface area contributed by atoms with Crippen LogP contribution in [0.5, 0.6) is 0 Å². The van der Waals surface area contributed by atoms with E-state index in [-0.39, 0.29) is 29.7 Å². The minimum atomic E-state index is -0.213. The summed E-state index contributed by atoms with van der Waals surface area (Å²) < 4.78 is 1.66. The molecule has 1 heterocycles. The molecule has 0 saturated heterocycles. The van der Waals surface area contributed by atoms with Gasteiger partial charge in [0.2, 0.25) is 11.1 Å². The Labute approximate surface area is 149 Å². The summed E-state index contributed by atoms with van der Waals surface area (Å²) in [7, 11) is 0. The van der Waals surface area contributed by atoms with Crippen LogP contribution in [0.2, 0.25) is 0 Å². The molecule has 0 bridgehead atoms. The molecule has 1 aliphatic rings. The normalized spacial score (nSPS) is 13.7. The second-order valence-electron chi connectivity index (χ2n) is 6.13. The number of amides is 2. The number of thioether (sulfide) groups is 1. The van der Waals surface area contributed by atoms with Gasteiger partial charge in [0.1, 0.15) is 0 Å². The van der Waals surface area contributed by atoms with Crippen LogP contribution in [-0.4, -0.2) is 43.8 Å². The van der Waals surface area contributed by atoms with Gasteiger partial charge >= 0.3 is 0 Å². The number of anilines is 1.